The van der Waals surface area contributed by atoms with Crippen molar-refractivity contribution in [2.24, 2.45) is 0 Å². The van der Waals surface area contributed by atoms with E-state index in [2.05, 4.69) is 15.1 Å². The van der Waals surface area contributed by atoms with Crippen LogP contribution in [0.3, 0.4) is 0 Å². The second-order valence-electron chi connectivity index (χ2n) is 4.23. The van der Waals surface area contributed by atoms with Gasteiger partial charge >= 0.3 is 0 Å². The molecule has 17 heavy (non-hydrogen) atoms. The number of hydrogen-bond acceptors (Lipinski definition) is 4. The van der Waals surface area contributed by atoms with Crippen LogP contribution in [0.25, 0.3) is 11.0 Å². The second-order valence-corrected chi connectivity index (χ2v) is 4.57. The molecule has 5 nitrogen and oxygen atoms in total. The number of ether oxygens (including phenoxy) is 1. The fourth-order valence-corrected chi connectivity index (χ4v) is 2.29. The lowest BCUT2D eigenvalue weighted by atomic mass is 10.2. The summed E-state index contributed by atoms with van der Waals surface area (Å²) in [6, 6.07) is 0. The molecule has 0 bridgehead atoms. The summed E-state index contributed by atoms with van der Waals surface area (Å²) in [6.07, 6.45) is 4.93. The molecular formula is C11H13ClN4O. The molecule has 2 aromatic rings. The Morgan fingerprint density at radius 3 is 3.12 bits per heavy atom. The van der Waals surface area contributed by atoms with Gasteiger partial charge < -0.3 is 4.74 Å². The van der Waals surface area contributed by atoms with Gasteiger partial charge in [-0.3, -0.25) is 0 Å². The number of rotatable bonds is 1. The van der Waals surface area contributed by atoms with E-state index in [9.17, 15) is 0 Å². The molecule has 3 rings (SSSR count). The van der Waals surface area contributed by atoms with Gasteiger partial charge in [0.2, 0.25) is 5.28 Å². The third-order valence-electron chi connectivity index (χ3n) is 3.03. The van der Waals surface area contributed by atoms with Gasteiger partial charge in [0.1, 0.15) is 0 Å². The Morgan fingerprint density at radius 2 is 2.35 bits per heavy atom. The Morgan fingerprint density at radius 1 is 1.47 bits per heavy atom. The van der Waals surface area contributed by atoms with E-state index in [4.69, 9.17) is 16.3 Å². The van der Waals surface area contributed by atoms with Crippen molar-refractivity contribution in [3.05, 3.63) is 17.2 Å². The van der Waals surface area contributed by atoms with Crippen molar-refractivity contribution in [1.82, 2.24) is 19.7 Å². The zero-order valence-electron chi connectivity index (χ0n) is 9.56. The van der Waals surface area contributed by atoms with Crippen LogP contribution in [-0.4, -0.2) is 26.4 Å². The number of nitrogens with zero attached hydrogens (tertiary/aromatic N) is 4. The summed E-state index contributed by atoms with van der Waals surface area (Å²) in [7, 11) is 0. The summed E-state index contributed by atoms with van der Waals surface area (Å²) >= 11 is 5.83. The van der Waals surface area contributed by atoms with Crippen LogP contribution in [0.2, 0.25) is 5.28 Å². The Kier molecular flexibility index (Phi) is 2.72. The first-order valence-electron chi connectivity index (χ1n) is 5.74. The topological polar surface area (TPSA) is 52.8 Å². The molecular weight excluding hydrogens is 240 g/mol. The predicted molar refractivity (Wildman–Crippen MR) is 63.9 cm³/mol. The van der Waals surface area contributed by atoms with E-state index in [0.29, 0.717) is 0 Å². The van der Waals surface area contributed by atoms with E-state index in [1.54, 1.807) is 6.20 Å². The van der Waals surface area contributed by atoms with Crippen LogP contribution in [0.15, 0.2) is 6.20 Å². The highest BCUT2D eigenvalue weighted by Gasteiger charge is 2.21. The fraction of sp³-hybridized carbons (Fsp3) is 0.545. The van der Waals surface area contributed by atoms with E-state index in [-0.39, 0.29) is 11.5 Å². The quantitative estimate of drug-likeness (QED) is 0.732. The summed E-state index contributed by atoms with van der Waals surface area (Å²) in [6.45, 7) is 2.73. The molecule has 90 valence electrons. The third kappa shape index (κ3) is 1.89. The molecule has 1 atom stereocenters. The minimum absolute atomic E-state index is 0.0223. The Hall–Kier alpha value is -1.20. The number of aromatic nitrogens is 4. The molecule has 6 heteroatoms. The summed E-state index contributed by atoms with van der Waals surface area (Å²) in [5.41, 5.74) is 1.67. The zero-order chi connectivity index (χ0) is 11.8. The van der Waals surface area contributed by atoms with E-state index in [0.717, 1.165) is 42.6 Å². The highest BCUT2D eigenvalue weighted by molar-refractivity contribution is 6.28. The van der Waals surface area contributed by atoms with Gasteiger partial charge in [-0.25, -0.2) is 9.67 Å². The largest absolute Gasteiger partial charge is 0.356 e. The first kappa shape index (κ1) is 10.9. The maximum absolute atomic E-state index is 5.83. The number of hydrogen-bond donors (Lipinski definition) is 0. The van der Waals surface area contributed by atoms with Crippen LogP contribution in [0, 0.1) is 6.92 Å². The molecule has 1 aliphatic heterocycles. The van der Waals surface area contributed by atoms with Gasteiger partial charge in [0.05, 0.1) is 11.1 Å². The summed E-state index contributed by atoms with van der Waals surface area (Å²) < 4.78 is 7.55. The van der Waals surface area contributed by atoms with Crippen LogP contribution < -0.4 is 0 Å². The van der Waals surface area contributed by atoms with Crippen LogP contribution in [-0.2, 0) is 4.74 Å². The minimum atomic E-state index is -0.0223. The molecule has 0 saturated carbocycles. The van der Waals surface area contributed by atoms with E-state index in [1.807, 2.05) is 11.6 Å². The smallest absolute Gasteiger partial charge is 0.224 e. The number of aryl methyl sites for hydroxylation is 1. The average molecular weight is 253 g/mol. The van der Waals surface area contributed by atoms with Gasteiger partial charge in [0.15, 0.2) is 11.9 Å². The molecule has 1 saturated heterocycles. The van der Waals surface area contributed by atoms with Crippen LogP contribution in [0.4, 0.5) is 0 Å². The normalized spacial score (nSPS) is 20.9. The van der Waals surface area contributed by atoms with Crippen molar-refractivity contribution in [3.63, 3.8) is 0 Å². The molecule has 0 aliphatic carbocycles. The van der Waals surface area contributed by atoms with Crippen LogP contribution >= 0.6 is 11.6 Å². The third-order valence-corrected chi connectivity index (χ3v) is 3.21. The van der Waals surface area contributed by atoms with Crippen molar-refractivity contribution >= 4 is 22.6 Å². The summed E-state index contributed by atoms with van der Waals surface area (Å²) in [5, 5.41) is 5.66. The monoisotopic (exact) mass is 252 g/mol. The lowest BCUT2D eigenvalue weighted by Gasteiger charge is -2.22. The average Bonchev–Trinajstić information content (AvgIpc) is 2.67. The molecule has 1 aliphatic rings. The maximum Gasteiger partial charge on any atom is 0.224 e. The number of fused-ring (bicyclic) bond motifs is 1. The predicted octanol–water partition coefficient (Wildman–Crippen LogP) is 2.49. The standard InChI is InChI=1S/C11H13ClN4O/c1-7-8-6-13-11(12)14-10(8)16(15-7)9-4-2-3-5-17-9/h6,9H,2-5H2,1H3. The molecule has 1 unspecified atom stereocenters. The highest BCUT2D eigenvalue weighted by atomic mass is 35.5. The molecule has 0 amide bonds. The van der Waals surface area contributed by atoms with E-state index in [1.165, 1.54) is 0 Å². The molecule has 0 radical (unpaired) electrons. The molecule has 0 spiro atoms. The highest BCUT2D eigenvalue weighted by Crippen LogP contribution is 2.26. The Labute approximate surface area is 104 Å². The number of halogens is 1. The van der Waals surface area contributed by atoms with Crippen molar-refractivity contribution in [2.45, 2.75) is 32.4 Å². The molecule has 0 aromatic carbocycles. The first-order chi connectivity index (χ1) is 8.25. The first-order valence-corrected chi connectivity index (χ1v) is 6.12. The van der Waals surface area contributed by atoms with E-state index < -0.39 is 0 Å². The van der Waals surface area contributed by atoms with Crippen molar-refractivity contribution < 1.29 is 4.74 Å². The van der Waals surface area contributed by atoms with Crippen molar-refractivity contribution in [3.8, 4) is 0 Å². The maximum atomic E-state index is 5.83. The van der Waals surface area contributed by atoms with Crippen LogP contribution in [0.5, 0.6) is 0 Å². The molecule has 0 N–H and O–H groups in total. The van der Waals surface area contributed by atoms with Crippen molar-refractivity contribution in [1.29, 1.82) is 0 Å². The van der Waals surface area contributed by atoms with Gasteiger partial charge in [-0.05, 0) is 37.8 Å². The van der Waals surface area contributed by atoms with E-state index >= 15 is 0 Å². The van der Waals surface area contributed by atoms with Gasteiger partial charge in [-0.2, -0.15) is 10.1 Å². The molecule has 3 heterocycles. The SMILES string of the molecule is Cc1nn(C2CCCCO2)c2nc(Cl)ncc12. The fourth-order valence-electron chi connectivity index (χ4n) is 2.16. The van der Waals surface area contributed by atoms with Crippen molar-refractivity contribution in [2.75, 3.05) is 6.61 Å². The molecule has 2 aromatic heterocycles. The zero-order valence-corrected chi connectivity index (χ0v) is 10.3. The summed E-state index contributed by atoms with van der Waals surface area (Å²) in [4.78, 5) is 8.23. The van der Waals surface area contributed by atoms with Gasteiger partial charge in [0, 0.05) is 12.8 Å². The van der Waals surface area contributed by atoms with Gasteiger partial charge in [-0.15, -0.1) is 0 Å². The lowest BCUT2D eigenvalue weighted by Crippen LogP contribution is -2.19. The Balaban J connectivity index is 2.11. The van der Waals surface area contributed by atoms with Gasteiger partial charge in [-0.1, -0.05) is 0 Å². The van der Waals surface area contributed by atoms with Gasteiger partial charge in [0.25, 0.3) is 0 Å². The lowest BCUT2D eigenvalue weighted by molar-refractivity contribution is -0.0371. The minimum Gasteiger partial charge on any atom is -0.356 e. The molecule has 1 fully saturated rings. The van der Waals surface area contributed by atoms with Crippen LogP contribution in [0.1, 0.15) is 31.2 Å². The summed E-state index contributed by atoms with van der Waals surface area (Å²) in [5.74, 6) is 0. The second kappa shape index (κ2) is 4.23. The Bertz CT molecular complexity index is 548.